The minimum atomic E-state index is 0.327. The van der Waals surface area contributed by atoms with Crippen molar-refractivity contribution in [3.63, 3.8) is 0 Å². The quantitative estimate of drug-likeness (QED) is 0.925. The summed E-state index contributed by atoms with van der Waals surface area (Å²) in [5.74, 6) is 1.41. The smallest absolute Gasteiger partial charge is 0.257 e. The Labute approximate surface area is 118 Å². The third-order valence-electron chi connectivity index (χ3n) is 3.89. The summed E-state index contributed by atoms with van der Waals surface area (Å²) in [7, 11) is 1.64. The van der Waals surface area contributed by atoms with Crippen LogP contribution < -0.4 is 15.4 Å². The van der Waals surface area contributed by atoms with E-state index in [4.69, 9.17) is 15.5 Å². The van der Waals surface area contributed by atoms with Gasteiger partial charge in [-0.15, -0.1) is 0 Å². The Morgan fingerprint density at radius 3 is 2.70 bits per heavy atom. The molecule has 0 aliphatic carbocycles. The second kappa shape index (κ2) is 5.63. The summed E-state index contributed by atoms with van der Waals surface area (Å²) in [4.78, 5) is 11.6. The molecule has 0 amide bonds. The van der Waals surface area contributed by atoms with E-state index in [2.05, 4.69) is 9.88 Å². The van der Waals surface area contributed by atoms with E-state index in [9.17, 15) is 0 Å². The summed E-state index contributed by atoms with van der Waals surface area (Å²) < 4.78 is 5.44. The second-order valence-electron chi connectivity index (χ2n) is 5.12. The number of aromatic nitrogens is 2. The van der Waals surface area contributed by atoms with Crippen molar-refractivity contribution in [3.8, 4) is 5.88 Å². The molecule has 2 aromatic rings. The van der Waals surface area contributed by atoms with Crippen molar-refractivity contribution in [1.29, 1.82) is 0 Å². The fraction of sp³-hybridized carbons (Fsp3) is 0.467. The van der Waals surface area contributed by atoms with E-state index < -0.39 is 0 Å². The summed E-state index contributed by atoms with van der Waals surface area (Å²) in [5.41, 5.74) is 7.65. The number of ether oxygens (including phenoxy) is 1. The zero-order valence-electron chi connectivity index (χ0n) is 11.7. The van der Waals surface area contributed by atoms with E-state index in [0.717, 1.165) is 36.2 Å². The third kappa shape index (κ3) is 2.29. The number of methoxy groups -OCH3 is 1. The molecule has 1 aromatic heterocycles. The predicted octanol–water partition coefficient (Wildman–Crippen LogP) is 1.96. The first-order valence-electron chi connectivity index (χ1n) is 7.11. The zero-order chi connectivity index (χ0) is 13.9. The number of hydrogen-bond acceptors (Lipinski definition) is 5. The first-order valence-corrected chi connectivity index (χ1v) is 7.11. The lowest BCUT2D eigenvalue weighted by Gasteiger charge is -2.36. The van der Waals surface area contributed by atoms with Gasteiger partial charge in [0.25, 0.3) is 5.88 Å². The number of nitrogens with zero attached hydrogens (tertiary/aromatic N) is 3. The molecule has 106 valence electrons. The number of anilines is 1. The monoisotopic (exact) mass is 272 g/mol. The standard InChI is InChI=1S/C15H20N4O/c1-20-15-14(19-9-5-4-6-11(19)10-16)17-12-7-2-3-8-13(12)18-15/h2-3,7-8,11H,4-6,9-10,16H2,1H3/t11-/m0/s1. The topological polar surface area (TPSA) is 64.3 Å². The maximum atomic E-state index is 5.90. The summed E-state index contributed by atoms with van der Waals surface area (Å²) >= 11 is 0. The highest BCUT2D eigenvalue weighted by atomic mass is 16.5. The fourth-order valence-electron chi connectivity index (χ4n) is 2.82. The number of hydrogen-bond donors (Lipinski definition) is 1. The van der Waals surface area contributed by atoms with E-state index in [1.807, 2.05) is 24.3 Å². The Kier molecular flexibility index (Phi) is 3.69. The van der Waals surface area contributed by atoms with Gasteiger partial charge in [-0.25, -0.2) is 9.97 Å². The van der Waals surface area contributed by atoms with Crippen LogP contribution in [0.25, 0.3) is 11.0 Å². The molecule has 0 bridgehead atoms. The predicted molar refractivity (Wildman–Crippen MR) is 80.1 cm³/mol. The van der Waals surface area contributed by atoms with Crippen LogP contribution in [0.5, 0.6) is 5.88 Å². The lowest BCUT2D eigenvalue weighted by atomic mass is 10.0. The lowest BCUT2D eigenvalue weighted by molar-refractivity contribution is 0.389. The second-order valence-corrected chi connectivity index (χ2v) is 5.12. The largest absolute Gasteiger partial charge is 0.478 e. The van der Waals surface area contributed by atoms with Gasteiger partial charge in [0.2, 0.25) is 0 Å². The van der Waals surface area contributed by atoms with Gasteiger partial charge in [-0.1, -0.05) is 12.1 Å². The van der Waals surface area contributed by atoms with E-state index >= 15 is 0 Å². The van der Waals surface area contributed by atoms with Crippen LogP contribution in [0.4, 0.5) is 5.82 Å². The van der Waals surface area contributed by atoms with Crippen LogP contribution >= 0.6 is 0 Å². The number of para-hydroxylation sites is 2. The van der Waals surface area contributed by atoms with Gasteiger partial charge >= 0.3 is 0 Å². The van der Waals surface area contributed by atoms with Gasteiger partial charge in [0, 0.05) is 19.1 Å². The van der Waals surface area contributed by atoms with E-state index in [1.165, 1.54) is 6.42 Å². The summed E-state index contributed by atoms with van der Waals surface area (Å²) in [6.07, 6.45) is 3.49. The van der Waals surface area contributed by atoms with Gasteiger partial charge in [-0.05, 0) is 31.4 Å². The number of nitrogens with two attached hydrogens (primary N) is 1. The molecule has 1 aliphatic heterocycles. The molecule has 1 aliphatic rings. The van der Waals surface area contributed by atoms with Crippen LogP contribution in [0.15, 0.2) is 24.3 Å². The van der Waals surface area contributed by atoms with E-state index in [-0.39, 0.29) is 0 Å². The summed E-state index contributed by atoms with van der Waals surface area (Å²) in [6.45, 7) is 1.60. The molecule has 5 nitrogen and oxygen atoms in total. The zero-order valence-corrected chi connectivity index (χ0v) is 11.7. The first kappa shape index (κ1) is 13.1. The van der Waals surface area contributed by atoms with Gasteiger partial charge in [0.1, 0.15) is 0 Å². The maximum absolute atomic E-state index is 5.90. The number of benzene rings is 1. The van der Waals surface area contributed by atoms with Gasteiger partial charge in [-0.2, -0.15) is 0 Å². The average molecular weight is 272 g/mol. The Morgan fingerprint density at radius 2 is 2.00 bits per heavy atom. The molecular weight excluding hydrogens is 252 g/mol. The van der Waals surface area contributed by atoms with Gasteiger partial charge in [0.15, 0.2) is 5.82 Å². The average Bonchev–Trinajstić information content (AvgIpc) is 2.53. The molecule has 0 saturated carbocycles. The Morgan fingerprint density at radius 1 is 1.25 bits per heavy atom. The van der Waals surface area contributed by atoms with Crippen molar-refractivity contribution in [3.05, 3.63) is 24.3 Å². The van der Waals surface area contributed by atoms with Crippen molar-refractivity contribution >= 4 is 16.9 Å². The van der Waals surface area contributed by atoms with Crippen molar-refractivity contribution in [2.24, 2.45) is 5.73 Å². The van der Waals surface area contributed by atoms with Gasteiger partial charge < -0.3 is 15.4 Å². The molecule has 5 heteroatoms. The molecule has 1 saturated heterocycles. The molecule has 1 aromatic carbocycles. The molecule has 1 atom stereocenters. The third-order valence-corrected chi connectivity index (χ3v) is 3.89. The molecule has 3 rings (SSSR count). The molecule has 1 fully saturated rings. The van der Waals surface area contributed by atoms with Crippen molar-refractivity contribution in [2.75, 3.05) is 25.1 Å². The van der Waals surface area contributed by atoms with Gasteiger partial charge in [0.05, 0.1) is 18.1 Å². The van der Waals surface area contributed by atoms with Crippen LogP contribution in [0.2, 0.25) is 0 Å². The molecule has 20 heavy (non-hydrogen) atoms. The summed E-state index contributed by atoms with van der Waals surface area (Å²) in [6, 6.07) is 8.19. The number of rotatable bonds is 3. The molecule has 2 N–H and O–H groups in total. The Balaban J connectivity index is 2.08. The normalized spacial score (nSPS) is 19.3. The van der Waals surface area contributed by atoms with Crippen LogP contribution in [0, 0.1) is 0 Å². The summed E-state index contributed by atoms with van der Waals surface area (Å²) in [5, 5.41) is 0. The fourth-order valence-corrected chi connectivity index (χ4v) is 2.82. The van der Waals surface area contributed by atoms with E-state index in [1.54, 1.807) is 7.11 Å². The van der Waals surface area contributed by atoms with Crippen molar-refractivity contribution in [2.45, 2.75) is 25.3 Å². The minimum absolute atomic E-state index is 0.327. The molecule has 0 radical (unpaired) electrons. The minimum Gasteiger partial charge on any atom is -0.478 e. The lowest BCUT2D eigenvalue weighted by Crippen LogP contribution is -2.44. The highest BCUT2D eigenvalue weighted by Gasteiger charge is 2.26. The van der Waals surface area contributed by atoms with E-state index in [0.29, 0.717) is 18.5 Å². The van der Waals surface area contributed by atoms with Crippen LogP contribution in [0.1, 0.15) is 19.3 Å². The molecule has 0 spiro atoms. The first-order chi connectivity index (χ1) is 9.83. The number of piperidine rings is 1. The van der Waals surface area contributed by atoms with Crippen LogP contribution in [-0.4, -0.2) is 36.2 Å². The maximum Gasteiger partial charge on any atom is 0.257 e. The number of fused-ring (bicyclic) bond motifs is 1. The molecular formula is C15H20N4O. The van der Waals surface area contributed by atoms with Crippen molar-refractivity contribution < 1.29 is 4.74 Å². The molecule has 0 unspecified atom stereocenters. The van der Waals surface area contributed by atoms with Crippen LogP contribution in [0.3, 0.4) is 0 Å². The Hall–Kier alpha value is -1.88. The van der Waals surface area contributed by atoms with Crippen LogP contribution in [-0.2, 0) is 0 Å². The highest BCUT2D eigenvalue weighted by molar-refractivity contribution is 5.77. The van der Waals surface area contributed by atoms with Gasteiger partial charge in [-0.3, -0.25) is 0 Å². The molecule has 2 heterocycles. The van der Waals surface area contributed by atoms with Crippen molar-refractivity contribution in [1.82, 2.24) is 9.97 Å². The SMILES string of the molecule is COc1nc2ccccc2nc1N1CCCC[C@H]1CN. The Bertz CT molecular complexity index is 601. The highest BCUT2D eigenvalue weighted by Crippen LogP contribution is 2.31.